The molecule has 1 fully saturated rings. The summed E-state index contributed by atoms with van der Waals surface area (Å²) in [5.41, 5.74) is 1.03. The van der Waals surface area contributed by atoms with Crippen molar-refractivity contribution in [2.75, 3.05) is 13.6 Å². The Labute approximate surface area is 136 Å². The normalized spacial score (nSPS) is 13.8. The second kappa shape index (κ2) is 8.08. The van der Waals surface area contributed by atoms with Crippen LogP contribution in [0.3, 0.4) is 0 Å². The van der Waals surface area contributed by atoms with E-state index in [1.165, 1.54) is 0 Å². The van der Waals surface area contributed by atoms with Crippen molar-refractivity contribution in [1.82, 2.24) is 10.2 Å². The third-order valence-electron chi connectivity index (χ3n) is 3.23. The number of amides is 1. The average molecular weight is 338 g/mol. The molecular formula is C14H19Cl3N2O. The molecule has 0 spiro atoms. The fourth-order valence-corrected chi connectivity index (χ4v) is 2.34. The summed E-state index contributed by atoms with van der Waals surface area (Å²) in [6, 6.07) is 5.95. The lowest BCUT2D eigenvalue weighted by molar-refractivity contribution is -0.132. The first-order chi connectivity index (χ1) is 9.11. The standard InChI is InChI=1S/C14H18Cl2N2O.ClH/c1-17-7-6-14(19)18(11-3-4-11)9-10-2-5-12(15)13(16)8-10;/h2,5,8,11,17H,3-4,6-7,9H2,1H3;1H. The second-order valence-electron chi connectivity index (χ2n) is 4.85. The van der Waals surface area contributed by atoms with Crippen molar-refractivity contribution in [3.8, 4) is 0 Å². The largest absolute Gasteiger partial charge is 0.335 e. The number of halogens is 3. The van der Waals surface area contributed by atoms with Gasteiger partial charge in [-0.3, -0.25) is 4.79 Å². The van der Waals surface area contributed by atoms with Crippen LogP contribution in [0.25, 0.3) is 0 Å². The zero-order valence-corrected chi connectivity index (χ0v) is 13.7. The molecule has 0 saturated heterocycles. The summed E-state index contributed by atoms with van der Waals surface area (Å²) in [5, 5.41) is 4.09. The Balaban J connectivity index is 0.00000200. The van der Waals surface area contributed by atoms with E-state index in [-0.39, 0.29) is 18.3 Å². The molecule has 0 bridgehead atoms. The fourth-order valence-electron chi connectivity index (χ4n) is 2.02. The molecule has 3 nitrogen and oxygen atoms in total. The molecule has 1 aromatic rings. The van der Waals surface area contributed by atoms with Crippen LogP contribution in [0.15, 0.2) is 18.2 Å². The molecule has 1 amide bonds. The maximum Gasteiger partial charge on any atom is 0.224 e. The molecule has 0 heterocycles. The number of hydrogen-bond donors (Lipinski definition) is 1. The summed E-state index contributed by atoms with van der Waals surface area (Å²) in [4.78, 5) is 14.1. The molecule has 1 N–H and O–H groups in total. The minimum absolute atomic E-state index is 0. The van der Waals surface area contributed by atoms with Crippen molar-refractivity contribution >= 4 is 41.5 Å². The van der Waals surface area contributed by atoms with E-state index in [0.29, 0.717) is 35.6 Å². The number of rotatable bonds is 6. The van der Waals surface area contributed by atoms with Crippen molar-refractivity contribution < 1.29 is 4.79 Å². The van der Waals surface area contributed by atoms with Gasteiger partial charge in [0.05, 0.1) is 10.0 Å². The predicted octanol–water partition coefficient (Wildman–Crippen LogP) is 3.52. The molecule has 112 valence electrons. The SMILES string of the molecule is CNCCC(=O)N(Cc1ccc(Cl)c(Cl)c1)C1CC1.Cl. The van der Waals surface area contributed by atoms with Gasteiger partial charge >= 0.3 is 0 Å². The number of benzene rings is 1. The molecule has 0 unspecified atom stereocenters. The van der Waals surface area contributed by atoms with E-state index in [1.54, 1.807) is 6.07 Å². The number of hydrogen-bond acceptors (Lipinski definition) is 2. The molecule has 20 heavy (non-hydrogen) atoms. The third-order valence-corrected chi connectivity index (χ3v) is 3.97. The van der Waals surface area contributed by atoms with Crippen LogP contribution >= 0.6 is 35.6 Å². The van der Waals surface area contributed by atoms with Crippen LogP contribution in [0, 0.1) is 0 Å². The van der Waals surface area contributed by atoms with Crippen molar-refractivity contribution in [2.45, 2.75) is 31.8 Å². The number of carbonyl (C=O) groups is 1. The van der Waals surface area contributed by atoms with Gasteiger partial charge < -0.3 is 10.2 Å². The maximum absolute atomic E-state index is 12.2. The summed E-state index contributed by atoms with van der Waals surface area (Å²) in [7, 11) is 1.85. The molecule has 1 saturated carbocycles. The summed E-state index contributed by atoms with van der Waals surface area (Å²) in [6.45, 7) is 1.33. The molecule has 0 radical (unpaired) electrons. The Morgan fingerprint density at radius 3 is 2.60 bits per heavy atom. The summed E-state index contributed by atoms with van der Waals surface area (Å²) >= 11 is 11.9. The van der Waals surface area contributed by atoms with Gasteiger partial charge in [0.15, 0.2) is 0 Å². The van der Waals surface area contributed by atoms with Gasteiger partial charge in [0.25, 0.3) is 0 Å². The minimum atomic E-state index is 0. The van der Waals surface area contributed by atoms with E-state index in [2.05, 4.69) is 5.32 Å². The first kappa shape index (κ1) is 17.6. The van der Waals surface area contributed by atoms with Gasteiger partial charge in [0.2, 0.25) is 5.91 Å². The minimum Gasteiger partial charge on any atom is -0.335 e. The van der Waals surface area contributed by atoms with Gasteiger partial charge in [0.1, 0.15) is 0 Å². The monoisotopic (exact) mass is 336 g/mol. The van der Waals surface area contributed by atoms with E-state index in [9.17, 15) is 4.79 Å². The Bertz CT molecular complexity index is 464. The summed E-state index contributed by atoms with van der Waals surface area (Å²) in [5.74, 6) is 0.197. The number of nitrogens with one attached hydrogen (secondary N) is 1. The lowest BCUT2D eigenvalue weighted by atomic mass is 10.2. The molecule has 1 aromatic carbocycles. The Morgan fingerprint density at radius 2 is 2.05 bits per heavy atom. The van der Waals surface area contributed by atoms with Crippen molar-refractivity contribution in [2.24, 2.45) is 0 Å². The quantitative estimate of drug-likeness (QED) is 0.861. The molecule has 6 heteroatoms. The van der Waals surface area contributed by atoms with E-state index >= 15 is 0 Å². The van der Waals surface area contributed by atoms with Crippen molar-refractivity contribution in [3.05, 3.63) is 33.8 Å². The van der Waals surface area contributed by atoms with Gasteiger partial charge in [0, 0.05) is 25.6 Å². The second-order valence-corrected chi connectivity index (χ2v) is 5.67. The highest BCUT2D eigenvalue weighted by Crippen LogP contribution is 2.30. The lowest BCUT2D eigenvalue weighted by Crippen LogP contribution is -2.34. The Hall–Kier alpha value is -0.480. The van der Waals surface area contributed by atoms with Gasteiger partial charge in [-0.2, -0.15) is 0 Å². The van der Waals surface area contributed by atoms with Crippen LogP contribution in [0.2, 0.25) is 10.0 Å². The van der Waals surface area contributed by atoms with E-state index in [0.717, 1.165) is 18.4 Å². The van der Waals surface area contributed by atoms with Gasteiger partial charge in [-0.25, -0.2) is 0 Å². The summed E-state index contributed by atoms with van der Waals surface area (Å²) < 4.78 is 0. The van der Waals surface area contributed by atoms with Gasteiger partial charge in [-0.15, -0.1) is 12.4 Å². The molecular weight excluding hydrogens is 319 g/mol. The van der Waals surface area contributed by atoms with Crippen LogP contribution in [0.5, 0.6) is 0 Å². The van der Waals surface area contributed by atoms with Crippen LogP contribution in [0.4, 0.5) is 0 Å². The smallest absolute Gasteiger partial charge is 0.224 e. The van der Waals surface area contributed by atoms with E-state index in [1.807, 2.05) is 24.1 Å². The summed E-state index contributed by atoms with van der Waals surface area (Å²) in [6.07, 6.45) is 2.74. The lowest BCUT2D eigenvalue weighted by Gasteiger charge is -2.23. The fraction of sp³-hybridized carbons (Fsp3) is 0.500. The third kappa shape index (κ3) is 4.81. The molecule has 1 aliphatic rings. The average Bonchev–Trinajstić information content (AvgIpc) is 3.21. The van der Waals surface area contributed by atoms with Crippen LogP contribution in [-0.4, -0.2) is 30.4 Å². The Morgan fingerprint density at radius 1 is 1.35 bits per heavy atom. The zero-order valence-electron chi connectivity index (χ0n) is 11.4. The van der Waals surface area contributed by atoms with Gasteiger partial charge in [-0.1, -0.05) is 29.3 Å². The van der Waals surface area contributed by atoms with Crippen LogP contribution in [0.1, 0.15) is 24.8 Å². The maximum atomic E-state index is 12.2. The highest BCUT2D eigenvalue weighted by molar-refractivity contribution is 6.42. The molecule has 0 atom stereocenters. The predicted molar refractivity (Wildman–Crippen MR) is 85.8 cm³/mol. The van der Waals surface area contributed by atoms with E-state index in [4.69, 9.17) is 23.2 Å². The first-order valence-electron chi connectivity index (χ1n) is 6.50. The number of nitrogens with zero attached hydrogens (tertiary/aromatic N) is 1. The first-order valence-corrected chi connectivity index (χ1v) is 7.25. The Kier molecular flexibility index (Phi) is 7.10. The molecule has 1 aliphatic carbocycles. The highest BCUT2D eigenvalue weighted by Gasteiger charge is 2.32. The van der Waals surface area contributed by atoms with Crippen LogP contribution < -0.4 is 5.32 Å². The van der Waals surface area contributed by atoms with Crippen LogP contribution in [-0.2, 0) is 11.3 Å². The van der Waals surface area contributed by atoms with Crippen molar-refractivity contribution in [1.29, 1.82) is 0 Å². The molecule has 0 aliphatic heterocycles. The highest BCUT2D eigenvalue weighted by atomic mass is 35.5. The van der Waals surface area contributed by atoms with Gasteiger partial charge in [-0.05, 0) is 37.6 Å². The zero-order chi connectivity index (χ0) is 13.8. The molecule has 0 aromatic heterocycles. The van der Waals surface area contributed by atoms with Crippen molar-refractivity contribution in [3.63, 3.8) is 0 Å². The topological polar surface area (TPSA) is 32.3 Å². The molecule has 2 rings (SSSR count). The van der Waals surface area contributed by atoms with E-state index < -0.39 is 0 Å². The number of carbonyl (C=O) groups excluding carboxylic acids is 1.